The Balaban J connectivity index is 2.25. The van der Waals surface area contributed by atoms with Crippen molar-refractivity contribution < 1.29 is 13.2 Å². The third-order valence-electron chi connectivity index (χ3n) is 3.55. The van der Waals surface area contributed by atoms with E-state index in [-0.39, 0.29) is 12.6 Å². The molecule has 1 aromatic carbocycles. The zero-order valence-electron chi connectivity index (χ0n) is 11.8. The fraction of sp³-hybridized carbons (Fsp3) is 0.571. The van der Waals surface area contributed by atoms with Gasteiger partial charge in [0.15, 0.2) is 0 Å². The predicted molar refractivity (Wildman–Crippen MR) is 77.7 cm³/mol. The number of nitrogens with zero attached hydrogens (tertiary/aromatic N) is 1. The van der Waals surface area contributed by atoms with Crippen molar-refractivity contribution in [2.24, 2.45) is 5.73 Å². The van der Waals surface area contributed by atoms with Crippen LogP contribution in [0.1, 0.15) is 25.3 Å². The smallest absolute Gasteiger partial charge is 0.243 e. The molecule has 2 rings (SSSR count). The minimum Gasteiger partial charge on any atom is -0.377 e. The SMILES string of the molecule is CCOC1CCCN(S(=O)(=O)c2ccccc2CN)C1. The molecule has 2 N–H and O–H groups in total. The Hall–Kier alpha value is -0.950. The summed E-state index contributed by atoms with van der Waals surface area (Å²) in [7, 11) is -3.48. The number of nitrogens with two attached hydrogens (primary N) is 1. The van der Waals surface area contributed by atoms with E-state index < -0.39 is 10.0 Å². The number of hydrogen-bond acceptors (Lipinski definition) is 4. The highest BCUT2D eigenvalue weighted by atomic mass is 32.2. The van der Waals surface area contributed by atoms with E-state index in [0.717, 1.165) is 12.8 Å². The van der Waals surface area contributed by atoms with Crippen LogP contribution in [-0.2, 0) is 21.3 Å². The maximum atomic E-state index is 12.7. The van der Waals surface area contributed by atoms with Crippen molar-refractivity contribution in [1.82, 2.24) is 4.31 Å². The molecule has 1 saturated heterocycles. The molecule has 20 heavy (non-hydrogen) atoms. The van der Waals surface area contributed by atoms with E-state index in [0.29, 0.717) is 30.2 Å². The van der Waals surface area contributed by atoms with Crippen molar-refractivity contribution >= 4 is 10.0 Å². The Morgan fingerprint density at radius 1 is 1.40 bits per heavy atom. The molecule has 0 spiro atoms. The molecule has 1 heterocycles. The fourth-order valence-electron chi connectivity index (χ4n) is 2.56. The Morgan fingerprint density at radius 3 is 2.85 bits per heavy atom. The molecule has 112 valence electrons. The minimum atomic E-state index is -3.48. The van der Waals surface area contributed by atoms with Crippen molar-refractivity contribution in [3.8, 4) is 0 Å². The first-order valence-corrected chi connectivity index (χ1v) is 8.43. The van der Waals surface area contributed by atoms with Crippen LogP contribution < -0.4 is 5.73 Å². The molecule has 0 radical (unpaired) electrons. The maximum Gasteiger partial charge on any atom is 0.243 e. The number of sulfonamides is 1. The van der Waals surface area contributed by atoms with Crippen LogP contribution in [0, 0.1) is 0 Å². The summed E-state index contributed by atoms with van der Waals surface area (Å²) >= 11 is 0. The van der Waals surface area contributed by atoms with Gasteiger partial charge in [-0.05, 0) is 31.4 Å². The molecule has 0 aliphatic carbocycles. The van der Waals surface area contributed by atoms with Crippen molar-refractivity contribution in [2.45, 2.75) is 37.3 Å². The summed E-state index contributed by atoms with van der Waals surface area (Å²) in [6.07, 6.45) is 1.74. The van der Waals surface area contributed by atoms with E-state index in [9.17, 15) is 8.42 Å². The van der Waals surface area contributed by atoms with Crippen LogP contribution in [0.3, 0.4) is 0 Å². The second-order valence-electron chi connectivity index (χ2n) is 4.89. The largest absolute Gasteiger partial charge is 0.377 e. The summed E-state index contributed by atoms with van der Waals surface area (Å²) in [4.78, 5) is 0.319. The lowest BCUT2D eigenvalue weighted by Gasteiger charge is -2.32. The lowest BCUT2D eigenvalue weighted by atomic mass is 10.1. The molecule has 1 atom stereocenters. The molecule has 0 saturated carbocycles. The molecular formula is C14H22N2O3S. The van der Waals surface area contributed by atoms with Crippen molar-refractivity contribution in [2.75, 3.05) is 19.7 Å². The molecule has 6 heteroatoms. The van der Waals surface area contributed by atoms with Crippen molar-refractivity contribution in [3.05, 3.63) is 29.8 Å². The van der Waals surface area contributed by atoms with Gasteiger partial charge in [-0.1, -0.05) is 18.2 Å². The molecule has 0 amide bonds. The Kier molecular flexibility index (Phi) is 5.15. The topological polar surface area (TPSA) is 72.6 Å². The zero-order valence-corrected chi connectivity index (χ0v) is 12.6. The minimum absolute atomic E-state index is 0.00596. The first kappa shape index (κ1) is 15.4. The second-order valence-corrected chi connectivity index (χ2v) is 6.80. The van der Waals surface area contributed by atoms with Gasteiger partial charge in [0.2, 0.25) is 10.0 Å². The lowest BCUT2D eigenvalue weighted by Crippen LogP contribution is -2.43. The molecule has 1 fully saturated rings. The number of hydrogen-bond donors (Lipinski definition) is 1. The van der Waals surface area contributed by atoms with Crippen LogP contribution in [0.25, 0.3) is 0 Å². The van der Waals surface area contributed by atoms with E-state index in [4.69, 9.17) is 10.5 Å². The van der Waals surface area contributed by atoms with Gasteiger partial charge in [-0.2, -0.15) is 4.31 Å². The standard InChI is InChI=1S/C14H22N2O3S/c1-2-19-13-7-5-9-16(11-13)20(17,18)14-8-4-3-6-12(14)10-15/h3-4,6,8,13H,2,5,7,9-11,15H2,1H3. The Labute approximate surface area is 120 Å². The van der Waals surface area contributed by atoms with Gasteiger partial charge in [-0.3, -0.25) is 0 Å². The first-order valence-electron chi connectivity index (χ1n) is 6.99. The molecule has 1 aliphatic rings. The highest BCUT2D eigenvalue weighted by Gasteiger charge is 2.31. The van der Waals surface area contributed by atoms with E-state index in [1.165, 1.54) is 4.31 Å². The summed E-state index contributed by atoms with van der Waals surface area (Å²) in [5.74, 6) is 0. The van der Waals surface area contributed by atoms with Crippen LogP contribution in [0.15, 0.2) is 29.2 Å². The molecule has 0 bridgehead atoms. The van der Waals surface area contributed by atoms with E-state index in [1.54, 1.807) is 24.3 Å². The molecule has 1 aromatic rings. The summed E-state index contributed by atoms with van der Waals surface area (Å²) in [6.45, 7) is 3.73. The number of rotatable bonds is 5. The number of ether oxygens (including phenoxy) is 1. The van der Waals surface area contributed by atoms with Gasteiger partial charge in [-0.25, -0.2) is 8.42 Å². The van der Waals surface area contributed by atoms with Crippen LogP contribution in [0.4, 0.5) is 0 Å². The summed E-state index contributed by atoms with van der Waals surface area (Å²) in [5, 5.41) is 0. The van der Waals surface area contributed by atoms with Gasteiger partial charge in [0.05, 0.1) is 11.0 Å². The molecule has 1 aliphatic heterocycles. The molecular weight excluding hydrogens is 276 g/mol. The molecule has 1 unspecified atom stereocenters. The highest BCUT2D eigenvalue weighted by molar-refractivity contribution is 7.89. The summed E-state index contributed by atoms with van der Waals surface area (Å²) in [6, 6.07) is 6.93. The van der Waals surface area contributed by atoms with Gasteiger partial charge >= 0.3 is 0 Å². The van der Waals surface area contributed by atoms with Gasteiger partial charge in [0, 0.05) is 26.2 Å². The van der Waals surface area contributed by atoms with Gasteiger partial charge in [0.25, 0.3) is 0 Å². The quantitative estimate of drug-likeness (QED) is 0.890. The van der Waals surface area contributed by atoms with Crippen LogP contribution >= 0.6 is 0 Å². The van der Waals surface area contributed by atoms with Crippen molar-refractivity contribution in [3.63, 3.8) is 0 Å². The van der Waals surface area contributed by atoms with E-state index >= 15 is 0 Å². The fourth-order valence-corrected chi connectivity index (χ4v) is 4.30. The summed E-state index contributed by atoms with van der Waals surface area (Å²) < 4.78 is 32.6. The molecule has 0 aromatic heterocycles. The predicted octanol–water partition coefficient (Wildman–Crippen LogP) is 1.33. The average Bonchev–Trinajstić information content (AvgIpc) is 2.48. The highest BCUT2D eigenvalue weighted by Crippen LogP contribution is 2.24. The zero-order chi connectivity index (χ0) is 14.6. The lowest BCUT2D eigenvalue weighted by molar-refractivity contribution is 0.0265. The van der Waals surface area contributed by atoms with Gasteiger partial charge in [0.1, 0.15) is 0 Å². The van der Waals surface area contributed by atoms with Gasteiger partial charge in [-0.15, -0.1) is 0 Å². The summed E-state index contributed by atoms with van der Waals surface area (Å²) in [5.41, 5.74) is 6.30. The third kappa shape index (κ3) is 3.20. The number of piperidine rings is 1. The monoisotopic (exact) mass is 298 g/mol. The second kappa shape index (κ2) is 6.67. The third-order valence-corrected chi connectivity index (χ3v) is 5.52. The van der Waals surface area contributed by atoms with Crippen LogP contribution in [-0.4, -0.2) is 38.5 Å². The van der Waals surface area contributed by atoms with Gasteiger partial charge < -0.3 is 10.5 Å². The van der Waals surface area contributed by atoms with E-state index in [1.807, 2.05) is 6.92 Å². The first-order chi connectivity index (χ1) is 9.59. The average molecular weight is 298 g/mol. The van der Waals surface area contributed by atoms with Crippen molar-refractivity contribution in [1.29, 1.82) is 0 Å². The maximum absolute atomic E-state index is 12.7. The number of benzene rings is 1. The van der Waals surface area contributed by atoms with Crippen LogP contribution in [0.2, 0.25) is 0 Å². The molecule has 5 nitrogen and oxygen atoms in total. The van der Waals surface area contributed by atoms with Crippen LogP contribution in [0.5, 0.6) is 0 Å². The Morgan fingerprint density at radius 2 is 2.15 bits per heavy atom. The normalized spacial score (nSPS) is 21.0. The Bertz CT molecular complexity index is 543. The van der Waals surface area contributed by atoms with E-state index in [2.05, 4.69) is 0 Å².